The Bertz CT molecular complexity index is 865. The van der Waals surface area contributed by atoms with Crippen LogP contribution in [0.1, 0.15) is 33.4 Å². The summed E-state index contributed by atoms with van der Waals surface area (Å²) >= 11 is 1.19. The Morgan fingerprint density at radius 3 is 2.85 bits per heavy atom. The summed E-state index contributed by atoms with van der Waals surface area (Å²) in [4.78, 5) is 42.5. The van der Waals surface area contributed by atoms with Gasteiger partial charge in [-0.25, -0.2) is 9.59 Å². The second-order valence-electron chi connectivity index (χ2n) is 5.97. The van der Waals surface area contributed by atoms with Crippen LogP contribution in [0, 0.1) is 0 Å². The van der Waals surface area contributed by atoms with E-state index in [0.29, 0.717) is 31.6 Å². The van der Waals surface area contributed by atoms with Crippen molar-refractivity contribution >= 4 is 34.2 Å². The van der Waals surface area contributed by atoms with E-state index in [1.54, 1.807) is 13.1 Å². The zero-order valence-corrected chi connectivity index (χ0v) is 15.5. The van der Waals surface area contributed by atoms with Crippen molar-refractivity contribution in [2.75, 3.05) is 18.5 Å². The molecule has 142 valence electrons. The van der Waals surface area contributed by atoms with E-state index < -0.39 is 17.8 Å². The number of hydrogen-bond donors (Lipinski definition) is 2. The first-order valence-electron chi connectivity index (χ1n) is 8.47. The van der Waals surface area contributed by atoms with Crippen molar-refractivity contribution in [2.45, 2.75) is 26.4 Å². The second kappa shape index (κ2) is 8.28. The van der Waals surface area contributed by atoms with Crippen molar-refractivity contribution in [1.82, 2.24) is 9.88 Å². The lowest BCUT2D eigenvalue weighted by atomic mass is 10.0. The second-order valence-corrected chi connectivity index (χ2v) is 7.07. The molecule has 0 aromatic carbocycles. The Morgan fingerprint density at radius 1 is 1.37 bits per heavy atom. The number of nitrogens with zero attached hydrogens (tertiary/aromatic N) is 2. The topological polar surface area (TPSA) is 109 Å². The molecule has 0 bridgehead atoms. The van der Waals surface area contributed by atoms with Gasteiger partial charge in [0.25, 0.3) is 0 Å². The molecule has 1 aliphatic rings. The number of pyridine rings is 1. The standard InChI is InChI=1S/C18H19N3O5S/c1-2-26-18(25)15(22)20-16-14(17(23)24)12-6-8-21(10-13(12)27-16)9-11-5-3-4-7-19-11/h3-5,7H,2,6,8-10H2,1H3,(H,20,22)(H,23,24). The number of amides is 1. The fourth-order valence-electron chi connectivity index (χ4n) is 2.98. The average molecular weight is 389 g/mol. The molecule has 1 amide bonds. The monoisotopic (exact) mass is 389 g/mol. The summed E-state index contributed by atoms with van der Waals surface area (Å²) < 4.78 is 4.65. The number of carbonyl (C=O) groups excluding carboxylic acids is 2. The highest BCUT2D eigenvalue weighted by molar-refractivity contribution is 7.17. The van der Waals surface area contributed by atoms with Gasteiger partial charge in [-0.05, 0) is 31.0 Å². The summed E-state index contributed by atoms with van der Waals surface area (Å²) in [5.74, 6) is -3.12. The largest absolute Gasteiger partial charge is 0.478 e. The summed E-state index contributed by atoms with van der Waals surface area (Å²) in [6.45, 7) is 3.57. The minimum atomic E-state index is -1.12. The Hall–Kier alpha value is -2.78. The van der Waals surface area contributed by atoms with Gasteiger partial charge in [0.05, 0.1) is 17.9 Å². The summed E-state index contributed by atoms with van der Waals surface area (Å²) in [6.07, 6.45) is 2.29. The highest BCUT2D eigenvalue weighted by Crippen LogP contribution is 2.37. The highest BCUT2D eigenvalue weighted by Gasteiger charge is 2.29. The molecule has 3 heterocycles. The van der Waals surface area contributed by atoms with Crippen LogP contribution in [0.25, 0.3) is 0 Å². The molecular weight excluding hydrogens is 370 g/mol. The molecular formula is C18H19N3O5S. The van der Waals surface area contributed by atoms with Gasteiger partial charge in [0, 0.05) is 30.7 Å². The molecule has 2 aromatic rings. The molecule has 2 aromatic heterocycles. The molecule has 27 heavy (non-hydrogen) atoms. The molecule has 1 aliphatic heterocycles. The molecule has 0 aliphatic carbocycles. The smallest absolute Gasteiger partial charge is 0.397 e. The zero-order chi connectivity index (χ0) is 19.4. The number of aromatic nitrogens is 1. The van der Waals surface area contributed by atoms with Crippen LogP contribution < -0.4 is 5.32 Å². The van der Waals surface area contributed by atoms with E-state index >= 15 is 0 Å². The first kappa shape index (κ1) is 19.0. The lowest BCUT2D eigenvalue weighted by Crippen LogP contribution is -2.30. The molecule has 0 fully saturated rings. The fourth-order valence-corrected chi connectivity index (χ4v) is 4.25. The van der Waals surface area contributed by atoms with Gasteiger partial charge in [-0.1, -0.05) is 6.07 Å². The van der Waals surface area contributed by atoms with Crippen LogP contribution in [0.15, 0.2) is 24.4 Å². The first-order chi connectivity index (χ1) is 13.0. The van der Waals surface area contributed by atoms with E-state index in [4.69, 9.17) is 0 Å². The van der Waals surface area contributed by atoms with Crippen molar-refractivity contribution in [3.63, 3.8) is 0 Å². The molecule has 0 atom stereocenters. The minimum Gasteiger partial charge on any atom is -0.478 e. The third-order valence-electron chi connectivity index (χ3n) is 4.15. The number of carboxylic acid groups (broad SMARTS) is 1. The summed E-state index contributed by atoms with van der Waals surface area (Å²) in [5.41, 5.74) is 1.71. The number of anilines is 1. The molecule has 9 heteroatoms. The molecule has 2 N–H and O–H groups in total. The van der Waals surface area contributed by atoms with E-state index in [9.17, 15) is 19.5 Å². The number of carboxylic acids is 1. The molecule has 8 nitrogen and oxygen atoms in total. The van der Waals surface area contributed by atoms with E-state index in [1.165, 1.54) is 11.3 Å². The molecule has 3 rings (SSSR count). The van der Waals surface area contributed by atoms with Crippen LogP contribution in [0.5, 0.6) is 0 Å². The molecule has 0 spiro atoms. The highest BCUT2D eigenvalue weighted by atomic mass is 32.1. The summed E-state index contributed by atoms with van der Waals surface area (Å²) in [5, 5.41) is 12.1. The van der Waals surface area contributed by atoms with Crippen LogP contribution in [0.4, 0.5) is 5.00 Å². The van der Waals surface area contributed by atoms with Gasteiger partial charge in [-0.2, -0.15) is 0 Å². The van der Waals surface area contributed by atoms with Crippen LogP contribution in [-0.4, -0.2) is 46.0 Å². The SMILES string of the molecule is CCOC(=O)C(=O)Nc1sc2c(c1C(=O)O)CCN(Cc1ccccn1)C2. The molecule has 0 saturated carbocycles. The van der Waals surface area contributed by atoms with Crippen LogP contribution in [0.3, 0.4) is 0 Å². The van der Waals surface area contributed by atoms with Crippen molar-refractivity contribution in [2.24, 2.45) is 0 Å². The van der Waals surface area contributed by atoms with Crippen LogP contribution in [-0.2, 0) is 33.8 Å². The Kier molecular flexibility index (Phi) is 5.82. The lowest BCUT2D eigenvalue weighted by Gasteiger charge is -2.26. The fraction of sp³-hybridized carbons (Fsp3) is 0.333. The lowest BCUT2D eigenvalue weighted by molar-refractivity contribution is -0.152. The zero-order valence-electron chi connectivity index (χ0n) is 14.7. The minimum absolute atomic E-state index is 0.0603. The van der Waals surface area contributed by atoms with Crippen molar-refractivity contribution in [3.8, 4) is 0 Å². The van der Waals surface area contributed by atoms with Gasteiger partial charge in [-0.3, -0.25) is 14.7 Å². The first-order valence-corrected chi connectivity index (χ1v) is 9.29. The number of aromatic carboxylic acids is 1. The molecule has 0 radical (unpaired) electrons. The van der Waals surface area contributed by atoms with Gasteiger partial charge in [0.2, 0.25) is 0 Å². The maximum Gasteiger partial charge on any atom is 0.397 e. The number of thiophene rings is 1. The van der Waals surface area contributed by atoms with Crippen LogP contribution in [0.2, 0.25) is 0 Å². The van der Waals surface area contributed by atoms with Crippen molar-refractivity contribution in [3.05, 3.63) is 46.1 Å². The van der Waals surface area contributed by atoms with E-state index in [2.05, 4.69) is 19.9 Å². The van der Waals surface area contributed by atoms with Crippen molar-refractivity contribution in [1.29, 1.82) is 0 Å². The summed E-state index contributed by atoms with van der Waals surface area (Å²) in [7, 11) is 0. The Labute approximate surface area is 159 Å². The normalized spacial score (nSPS) is 13.7. The van der Waals surface area contributed by atoms with Crippen LogP contribution >= 0.6 is 11.3 Å². The van der Waals surface area contributed by atoms with Gasteiger partial charge in [-0.15, -0.1) is 11.3 Å². The number of esters is 1. The maximum atomic E-state index is 11.9. The number of fused-ring (bicyclic) bond motifs is 1. The third kappa shape index (κ3) is 4.32. The average Bonchev–Trinajstić information content (AvgIpc) is 3.00. The quantitative estimate of drug-likeness (QED) is 0.594. The Morgan fingerprint density at radius 2 is 2.19 bits per heavy atom. The van der Waals surface area contributed by atoms with Gasteiger partial charge in [0.15, 0.2) is 0 Å². The van der Waals surface area contributed by atoms with E-state index in [1.807, 2.05) is 18.2 Å². The number of nitrogens with one attached hydrogen (secondary N) is 1. The predicted molar refractivity (Wildman–Crippen MR) is 98.6 cm³/mol. The number of carbonyl (C=O) groups is 3. The number of rotatable bonds is 5. The third-order valence-corrected chi connectivity index (χ3v) is 5.28. The van der Waals surface area contributed by atoms with E-state index in [-0.39, 0.29) is 17.2 Å². The Balaban J connectivity index is 1.79. The summed E-state index contributed by atoms with van der Waals surface area (Å²) in [6, 6.07) is 5.72. The van der Waals surface area contributed by atoms with Crippen molar-refractivity contribution < 1.29 is 24.2 Å². The van der Waals surface area contributed by atoms with Gasteiger partial charge >= 0.3 is 17.8 Å². The van der Waals surface area contributed by atoms with Gasteiger partial charge < -0.3 is 15.2 Å². The van der Waals surface area contributed by atoms with E-state index in [0.717, 1.165) is 10.6 Å². The van der Waals surface area contributed by atoms with Gasteiger partial charge in [0.1, 0.15) is 5.00 Å². The predicted octanol–water partition coefficient (Wildman–Crippen LogP) is 1.90. The molecule has 0 unspecified atom stereocenters. The molecule has 0 saturated heterocycles. The number of hydrogen-bond acceptors (Lipinski definition) is 7. The number of ether oxygens (including phenoxy) is 1. The maximum absolute atomic E-state index is 11.9.